The molecule has 0 fully saturated rings. The van der Waals surface area contributed by atoms with E-state index in [1.807, 2.05) is 24.3 Å². The van der Waals surface area contributed by atoms with Crippen molar-refractivity contribution in [3.05, 3.63) is 53.1 Å². The van der Waals surface area contributed by atoms with Crippen LogP contribution in [0.25, 0.3) is 0 Å². The Kier molecular flexibility index (Phi) is 11.1. The fourth-order valence-corrected chi connectivity index (χ4v) is 11.8. The van der Waals surface area contributed by atoms with Gasteiger partial charge < -0.3 is 27.9 Å². The molecular weight excluding hydrogens is 464 g/mol. The SMILES string of the molecule is COc1ccc(CCC[Si](C)(C)O[Si](C)(C)OCCCc2ccc(OC)c(OC)c2)cc1CO. The van der Waals surface area contributed by atoms with E-state index in [-0.39, 0.29) is 6.61 Å². The second kappa shape index (κ2) is 13.3. The molecule has 0 unspecified atom stereocenters. The summed E-state index contributed by atoms with van der Waals surface area (Å²) in [6.07, 6.45) is 3.87. The van der Waals surface area contributed by atoms with Crippen LogP contribution in [0.5, 0.6) is 17.2 Å². The van der Waals surface area contributed by atoms with Gasteiger partial charge in [-0.3, -0.25) is 0 Å². The lowest BCUT2D eigenvalue weighted by atomic mass is 10.1. The Hall–Kier alpha value is -1.85. The van der Waals surface area contributed by atoms with E-state index >= 15 is 0 Å². The van der Waals surface area contributed by atoms with Gasteiger partial charge in [0.2, 0.25) is 0 Å². The molecule has 0 atom stereocenters. The van der Waals surface area contributed by atoms with Crippen LogP contribution >= 0.6 is 0 Å². The first-order valence-electron chi connectivity index (χ1n) is 11.9. The number of aryl methyl sites for hydroxylation is 2. The second-order valence-corrected chi connectivity index (χ2v) is 17.5. The zero-order valence-electron chi connectivity index (χ0n) is 21.9. The predicted molar refractivity (Wildman–Crippen MR) is 142 cm³/mol. The zero-order valence-corrected chi connectivity index (χ0v) is 23.9. The van der Waals surface area contributed by atoms with Crippen molar-refractivity contribution in [1.82, 2.24) is 0 Å². The van der Waals surface area contributed by atoms with Gasteiger partial charge in [-0.05, 0) is 93.3 Å². The van der Waals surface area contributed by atoms with Crippen LogP contribution < -0.4 is 14.2 Å². The average Bonchev–Trinajstić information content (AvgIpc) is 2.80. The number of rotatable bonds is 15. The summed E-state index contributed by atoms with van der Waals surface area (Å²) in [5.74, 6) is 2.24. The molecule has 190 valence electrons. The van der Waals surface area contributed by atoms with Crippen LogP contribution in [0.3, 0.4) is 0 Å². The highest BCUT2D eigenvalue weighted by Crippen LogP contribution is 2.28. The quantitative estimate of drug-likeness (QED) is 0.246. The highest BCUT2D eigenvalue weighted by Gasteiger charge is 2.34. The van der Waals surface area contributed by atoms with Gasteiger partial charge in [0.15, 0.2) is 19.8 Å². The molecule has 6 nitrogen and oxygen atoms in total. The molecule has 2 aromatic rings. The van der Waals surface area contributed by atoms with E-state index in [0.29, 0.717) is 6.61 Å². The molecule has 0 radical (unpaired) electrons. The molecule has 0 saturated carbocycles. The van der Waals surface area contributed by atoms with E-state index in [9.17, 15) is 5.11 Å². The van der Waals surface area contributed by atoms with Crippen molar-refractivity contribution in [2.45, 2.75) is 64.5 Å². The number of ether oxygens (including phenoxy) is 3. The topological polar surface area (TPSA) is 66.4 Å². The Balaban J connectivity index is 1.77. The Morgan fingerprint density at radius 2 is 1.32 bits per heavy atom. The number of methoxy groups -OCH3 is 3. The number of benzene rings is 2. The number of aliphatic hydroxyl groups is 1. The molecule has 0 amide bonds. The molecular formula is C26H42O6Si2. The summed E-state index contributed by atoms with van der Waals surface area (Å²) in [5, 5.41) is 9.54. The molecule has 0 saturated heterocycles. The van der Waals surface area contributed by atoms with Crippen molar-refractivity contribution in [2.75, 3.05) is 27.9 Å². The zero-order chi connectivity index (χ0) is 25.2. The van der Waals surface area contributed by atoms with Crippen LogP contribution in [0.2, 0.25) is 32.2 Å². The Labute approximate surface area is 207 Å². The van der Waals surface area contributed by atoms with E-state index in [1.165, 1.54) is 11.1 Å². The normalized spacial score (nSPS) is 12.0. The van der Waals surface area contributed by atoms with Gasteiger partial charge in [0.05, 0.1) is 27.9 Å². The summed E-state index contributed by atoms with van der Waals surface area (Å²) in [6.45, 7) is 9.53. The summed E-state index contributed by atoms with van der Waals surface area (Å²) < 4.78 is 28.9. The molecule has 8 heteroatoms. The first kappa shape index (κ1) is 28.4. The predicted octanol–water partition coefficient (Wildman–Crippen LogP) is 5.71. The van der Waals surface area contributed by atoms with Gasteiger partial charge in [-0.15, -0.1) is 0 Å². The molecule has 2 aromatic carbocycles. The van der Waals surface area contributed by atoms with Crippen molar-refractivity contribution < 1.29 is 27.9 Å². The lowest BCUT2D eigenvalue weighted by molar-refractivity contribution is 0.241. The second-order valence-electron chi connectivity index (χ2n) is 9.56. The van der Waals surface area contributed by atoms with E-state index in [4.69, 9.17) is 22.8 Å². The number of aliphatic hydroxyl groups excluding tert-OH is 1. The van der Waals surface area contributed by atoms with Gasteiger partial charge in [-0.2, -0.15) is 0 Å². The lowest BCUT2D eigenvalue weighted by Crippen LogP contribution is -2.46. The molecule has 0 aliphatic heterocycles. The van der Waals surface area contributed by atoms with Crippen LogP contribution in [0.1, 0.15) is 29.5 Å². The van der Waals surface area contributed by atoms with Crippen molar-refractivity contribution in [1.29, 1.82) is 0 Å². The van der Waals surface area contributed by atoms with Crippen LogP contribution in [0.15, 0.2) is 36.4 Å². The van der Waals surface area contributed by atoms with Gasteiger partial charge in [-0.25, -0.2) is 0 Å². The number of hydrogen-bond donors (Lipinski definition) is 1. The van der Waals surface area contributed by atoms with Gasteiger partial charge >= 0.3 is 8.56 Å². The molecule has 0 aliphatic carbocycles. The molecule has 0 aromatic heterocycles. The minimum absolute atomic E-state index is 0.0104. The Morgan fingerprint density at radius 1 is 0.735 bits per heavy atom. The molecule has 2 rings (SSSR count). The monoisotopic (exact) mass is 506 g/mol. The smallest absolute Gasteiger partial charge is 0.321 e. The molecule has 1 N–H and O–H groups in total. The lowest BCUT2D eigenvalue weighted by Gasteiger charge is -2.33. The molecule has 0 spiro atoms. The maximum absolute atomic E-state index is 9.54. The molecule has 0 aliphatic rings. The van der Waals surface area contributed by atoms with E-state index in [1.54, 1.807) is 21.3 Å². The fourth-order valence-electron chi connectivity index (χ4n) is 4.21. The van der Waals surface area contributed by atoms with Gasteiger partial charge in [0.25, 0.3) is 0 Å². The maximum atomic E-state index is 9.54. The fraction of sp³-hybridized carbons (Fsp3) is 0.538. The van der Waals surface area contributed by atoms with Crippen LogP contribution in [0, 0.1) is 0 Å². The maximum Gasteiger partial charge on any atom is 0.321 e. The summed E-state index contributed by atoms with van der Waals surface area (Å²) in [4.78, 5) is 0. The minimum Gasteiger partial charge on any atom is -0.496 e. The molecule has 0 bridgehead atoms. The third kappa shape index (κ3) is 9.07. The van der Waals surface area contributed by atoms with Crippen LogP contribution in [-0.2, 0) is 28.0 Å². The summed E-state index contributed by atoms with van der Waals surface area (Å²) in [7, 11) is 0.889. The minimum atomic E-state index is -2.20. The van der Waals surface area contributed by atoms with E-state index < -0.39 is 16.9 Å². The first-order chi connectivity index (χ1) is 16.1. The third-order valence-corrected chi connectivity index (χ3v) is 12.4. The molecule has 0 heterocycles. The van der Waals surface area contributed by atoms with Crippen LogP contribution in [0.4, 0.5) is 0 Å². The summed E-state index contributed by atoms with van der Waals surface area (Å²) in [6, 6.07) is 13.2. The van der Waals surface area contributed by atoms with Gasteiger partial charge in [0.1, 0.15) is 5.75 Å². The van der Waals surface area contributed by atoms with Crippen molar-refractivity contribution in [3.63, 3.8) is 0 Å². The molecule has 34 heavy (non-hydrogen) atoms. The number of hydrogen-bond acceptors (Lipinski definition) is 6. The standard InChI is InChI=1S/C26H42O6Si2/c1-28-24-14-12-21(18-23(24)20-27)11-9-17-33(4,5)32-34(6,7)31-16-8-10-22-13-15-25(29-2)26(19-22)30-3/h12-15,18-19,27H,8-11,16-17,20H2,1-7H3. The van der Waals surface area contributed by atoms with E-state index in [2.05, 4.69) is 38.3 Å². The Morgan fingerprint density at radius 3 is 1.94 bits per heavy atom. The van der Waals surface area contributed by atoms with Crippen molar-refractivity contribution >= 4 is 16.9 Å². The van der Waals surface area contributed by atoms with Crippen LogP contribution in [-0.4, -0.2) is 49.9 Å². The van der Waals surface area contributed by atoms with Crippen molar-refractivity contribution in [2.24, 2.45) is 0 Å². The van der Waals surface area contributed by atoms with Crippen molar-refractivity contribution in [3.8, 4) is 17.2 Å². The highest BCUT2D eigenvalue weighted by atomic mass is 28.4. The van der Waals surface area contributed by atoms with Gasteiger partial charge in [-0.1, -0.05) is 12.1 Å². The third-order valence-electron chi connectivity index (χ3n) is 5.79. The average molecular weight is 507 g/mol. The van der Waals surface area contributed by atoms with Gasteiger partial charge in [0, 0.05) is 12.2 Å². The Bertz CT molecular complexity index is 901. The first-order valence-corrected chi connectivity index (χ1v) is 17.9. The largest absolute Gasteiger partial charge is 0.496 e. The van der Waals surface area contributed by atoms with E-state index in [0.717, 1.165) is 54.5 Å². The summed E-state index contributed by atoms with van der Waals surface area (Å²) >= 11 is 0. The highest BCUT2D eigenvalue weighted by molar-refractivity contribution is 6.82. The summed E-state index contributed by atoms with van der Waals surface area (Å²) in [5.41, 5.74) is 3.26.